The highest BCUT2D eigenvalue weighted by molar-refractivity contribution is 5.91. The number of fused-ring (bicyclic) bond motifs is 2. The van der Waals surface area contributed by atoms with Gasteiger partial charge in [-0.15, -0.1) is 0 Å². The number of nitrogens with two attached hydrogens (primary N) is 1. The fourth-order valence-corrected chi connectivity index (χ4v) is 3.26. The molecular weight excluding hydrogens is 274 g/mol. The molecule has 0 aliphatic heterocycles. The third kappa shape index (κ3) is 1.91. The molecule has 4 rings (SSSR count). The molecule has 0 saturated carbocycles. The first-order valence-electron chi connectivity index (χ1n) is 7.64. The van der Waals surface area contributed by atoms with Gasteiger partial charge in [0.15, 0.2) is 0 Å². The van der Waals surface area contributed by atoms with Crippen molar-refractivity contribution in [3.63, 3.8) is 0 Å². The Morgan fingerprint density at radius 2 is 1.82 bits per heavy atom. The zero-order chi connectivity index (χ0) is 15.1. The van der Waals surface area contributed by atoms with Gasteiger partial charge in [0, 0.05) is 17.6 Å². The summed E-state index contributed by atoms with van der Waals surface area (Å²) >= 11 is 0. The average molecular weight is 291 g/mol. The molecule has 4 nitrogen and oxygen atoms in total. The molecule has 110 valence electrons. The minimum absolute atomic E-state index is 0.0953. The van der Waals surface area contributed by atoms with Crippen LogP contribution in [-0.4, -0.2) is 9.55 Å². The van der Waals surface area contributed by atoms with Crippen LogP contribution in [0.15, 0.2) is 47.4 Å². The first-order valence-corrected chi connectivity index (χ1v) is 7.64. The van der Waals surface area contributed by atoms with Crippen LogP contribution >= 0.6 is 0 Å². The molecule has 0 atom stereocenters. The monoisotopic (exact) mass is 291 g/mol. The normalized spacial score (nSPS) is 14.0. The van der Waals surface area contributed by atoms with Crippen LogP contribution in [0.1, 0.15) is 24.1 Å². The summed E-state index contributed by atoms with van der Waals surface area (Å²) in [6.07, 6.45) is 5.92. The Kier molecular flexibility index (Phi) is 2.96. The van der Waals surface area contributed by atoms with E-state index in [0.29, 0.717) is 16.6 Å². The van der Waals surface area contributed by atoms with Crippen LogP contribution in [0.25, 0.3) is 16.6 Å². The molecule has 0 unspecified atom stereocenters. The van der Waals surface area contributed by atoms with Crippen molar-refractivity contribution in [2.75, 3.05) is 5.73 Å². The Balaban J connectivity index is 2.03. The van der Waals surface area contributed by atoms with Gasteiger partial charge in [-0.3, -0.25) is 14.3 Å². The number of pyridine rings is 2. The summed E-state index contributed by atoms with van der Waals surface area (Å²) in [5.41, 5.74) is 10.5. The summed E-state index contributed by atoms with van der Waals surface area (Å²) in [5.74, 6) is 0. The number of nitrogen functional groups attached to an aromatic ring is 1. The number of rotatable bonds is 1. The van der Waals surface area contributed by atoms with Crippen molar-refractivity contribution in [1.29, 1.82) is 0 Å². The fourth-order valence-electron chi connectivity index (χ4n) is 3.26. The van der Waals surface area contributed by atoms with E-state index in [0.717, 1.165) is 42.6 Å². The molecule has 0 spiro atoms. The maximum atomic E-state index is 12.9. The Morgan fingerprint density at radius 1 is 1.05 bits per heavy atom. The molecule has 4 heteroatoms. The topological polar surface area (TPSA) is 60.9 Å². The third-order valence-electron chi connectivity index (χ3n) is 4.39. The number of para-hydroxylation sites is 1. The van der Waals surface area contributed by atoms with E-state index in [1.54, 1.807) is 10.8 Å². The van der Waals surface area contributed by atoms with Crippen LogP contribution in [-0.2, 0) is 12.8 Å². The predicted molar refractivity (Wildman–Crippen MR) is 88.4 cm³/mol. The maximum Gasteiger partial charge on any atom is 0.266 e. The highest BCUT2D eigenvalue weighted by atomic mass is 16.1. The molecule has 0 radical (unpaired) electrons. The number of aromatic nitrogens is 2. The number of hydrogen-bond acceptors (Lipinski definition) is 3. The highest BCUT2D eigenvalue weighted by Crippen LogP contribution is 2.29. The molecule has 3 aromatic rings. The lowest BCUT2D eigenvalue weighted by Crippen LogP contribution is -2.21. The summed E-state index contributed by atoms with van der Waals surface area (Å²) in [7, 11) is 0. The summed E-state index contributed by atoms with van der Waals surface area (Å²) in [6.45, 7) is 0. The van der Waals surface area contributed by atoms with E-state index in [1.807, 2.05) is 36.4 Å². The molecule has 0 saturated heterocycles. The molecule has 1 aliphatic rings. The summed E-state index contributed by atoms with van der Waals surface area (Å²) < 4.78 is 1.63. The van der Waals surface area contributed by atoms with Crippen molar-refractivity contribution >= 4 is 16.6 Å². The van der Waals surface area contributed by atoms with Crippen molar-refractivity contribution in [2.45, 2.75) is 25.7 Å². The van der Waals surface area contributed by atoms with Gasteiger partial charge in [-0.2, -0.15) is 0 Å². The average Bonchev–Trinajstić information content (AvgIpc) is 2.56. The Labute approximate surface area is 128 Å². The number of anilines is 1. The first-order chi connectivity index (χ1) is 10.8. The fraction of sp³-hybridized carbons (Fsp3) is 0.222. The van der Waals surface area contributed by atoms with Crippen molar-refractivity contribution in [3.8, 4) is 5.69 Å². The standard InChI is InChI=1S/C18H17N3O/c19-17-13-8-4-5-9-14(13)20-15-10-11-21(18(22)16(15)17)12-6-2-1-3-7-12/h1-3,6-7,10-11H,4-5,8-9H2,(H2,19,20). The molecule has 0 bridgehead atoms. The zero-order valence-electron chi connectivity index (χ0n) is 12.2. The van der Waals surface area contributed by atoms with Gasteiger partial charge in [-0.05, 0) is 49.4 Å². The lowest BCUT2D eigenvalue weighted by Gasteiger charge is -2.18. The molecule has 2 aromatic heterocycles. The van der Waals surface area contributed by atoms with Gasteiger partial charge in [0.05, 0.1) is 16.6 Å². The van der Waals surface area contributed by atoms with Crippen LogP contribution in [0.2, 0.25) is 0 Å². The number of hydrogen-bond donors (Lipinski definition) is 1. The van der Waals surface area contributed by atoms with Gasteiger partial charge in [0.2, 0.25) is 0 Å². The van der Waals surface area contributed by atoms with E-state index in [9.17, 15) is 4.79 Å². The quantitative estimate of drug-likeness (QED) is 0.750. The molecule has 2 N–H and O–H groups in total. The predicted octanol–water partition coefficient (Wildman–Crippen LogP) is 2.85. The van der Waals surface area contributed by atoms with Gasteiger partial charge in [0.1, 0.15) is 0 Å². The number of nitrogens with zero attached hydrogens (tertiary/aromatic N) is 2. The smallest absolute Gasteiger partial charge is 0.266 e. The lowest BCUT2D eigenvalue weighted by molar-refractivity contribution is 0.672. The van der Waals surface area contributed by atoms with Crippen molar-refractivity contribution < 1.29 is 0 Å². The summed E-state index contributed by atoms with van der Waals surface area (Å²) in [5, 5.41) is 0.548. The molecule has 0 fully saturated rings. The van der Waals surface area contributed by atoms with E-state index < -0.39 is 0 Å². The van der Waals surface area contributed by atoms with Crippen molar-refractivity contribution in [1.82, 2.24) is 9.55 Å². The van der Waals surface area contributed by atoms with Crippen LogP contribution in [0.3, 0.4) is 0 Å². The van der Waals surface area contributed by atoms with E-state index >= 15 is 0 Å². The van der Waals surface area contributed by atoms with E-state index in [1.165, 1.54) is 0 Å². The van der Waals surface area contributed by atoms with Gasteiger partial charge < -0.3 is 5.73 Å². The molecule has 0 amide bonds. The molecule has 2 heterocycles. The Hall–Kier alpha value is -2.62. The van der Waals surface area contributed by atoms with Crippen LogP contribution < -0.4 is 11.3 Å². The SMILES string of the molecule is Nc1c2c(nc3ccn(-c4ccccc4)c(=O)c13)CCCC2. The molecule has 22 heavy (non-hydrogen) atoms. The molecule has 1 aliphatic carbocycles. The Bertz CT molecular complexity index is 913. The second-order valence-electron chi connectivity index (χ2n) is 5.74. The molecule has 1 aromatic carbocycles. The second-order valence-corrected chi connectivity index (χ2v) is 5.74. The zero-order valence-corrected chi connectivity index (χ0v) is 12.2. The van der Waals surface area contributed by atoms with E-state index in [-0.39, 0.29) is 5.56 Å². The molecular formula is C18H17N3O. The minimum atomic E-state index is -0.0953. The summed E-state index contributed by atoms with van der Waals surface area (Å²) in [6, 6.07) is 11.5. The third-order valence-corrected chi connectivity index (χ3v) is 4.39. The number of aryl methyl sites for hydroxylation is 1. The lowest BCUT2D eigenvalue weighted by atomic mass is 9.93. The van der Waals surface area contributed by atoms with Gasteiger partial charge in [-0.1, -0.05) is 18.2 Å². The first kappa shape index (κ1) is 13.1. The van der Waals surface area contributed by atoms with E-state index in [4.69, 9.17) is 5.73 Å². The van der Waals surface area contributed by atoms with Gasteiger partial charge >= 0.3 is 0 Å². The van der Waals surface area contributed by atoms with E-state index in [2.05, 4.69) is 4.98 Å². The minimum Gasteiger partial charge on any atom is -0.398 e. The van der Waals surface area contributed by atoms with Crippen molar-refractivity contribution in [3.05, 3.63) is 64.2 Å². The van der Waals surface area contributed by atoms with Gasteiger partial charge in [0.25, 0.3) is 5.56 Å². The second kappa shape index (κ2) is 4.98. The van der Waals surface area contributed by atoms with Crippen LogP contribution in [0, 0.1) is 0 Å². The van der Waals surface area contributed by atoms with Gasteiger partial charge in [-0.25, -0.2) is 0 Å². The highest BCUT2D eigenvalue weighted by Gasteiger charge is 2.18. The summed E-state index contributed by atoms with van der Waals surface area (Å²) in [4.78, 5) is 17.6. The largest absolute Gasteiger partial charge is 0.398 e. The number of benzene rings is 1. The van der Waals surface area contributed by atoms with Crippen molar-refractivity contribution in [2.24, 2.45) is 0 Å². The maximum absolute atomic E-state index is 12.9. The Morgan fingerprint density at radius 3 is 2.64 bits per heavy atom. The van der Waals surface area contributed by atoms with Crippen LogP contribution in [0.4, 0.5) is 5.69 Å². The van der Waals surface area contributed by atoms with Crippen LogP contribution in [0.5, 0.6) is 0 Å².